The SMILES string of the molecule is O=C(CN1C(=O)c2ccc(Br)cc2C1=O)N1CCN(C(=O)C2CCCO2)CC1. The fourth-order valence-electron chi connectivity index (χ4n) is 3.79. The number of benzene rings is 1. The summed E-state index contributed by atoms with van der Waals surface area (Å²) in [5.74, 6) is -1.22. The number of carbonyl (C=O) groups is 4. The number of fused-ring (bicyclic) bond motifs is 1. The number of ether oxygens (including phenoxy) is 1. The van der Waals surface area contributed by atoms with Gasteiger partial charge in [-0.2, -0.15) is 0 Å². The zero-order valence-corrected chi connectivity index (χ0v) is 16.8. The van der Waals surface area contributed by atoms with Gasteiger partial charge in [-0.25, -0.2) is 0 Å². The molecule has 0 radical (unpaired) electrons. The van der Waals surface area contributed by atoms with E-state index in [1.54, 1.807) is 28.0 Å². The molecule has 28 heavy (non-hydrogen) atoms. The second kappa shape index (κ2) is 7.63. The fraction of sp³-hybridized carbons (Fsp3) is 0.474. The van der Waals surface area contributed by atoms with Crippen LogP contribution in [0.3, 0.4) is 0 Å². The van der Waals surface area contributed by atoms with Crippen LogP contribution in [0.2, 0.25) is 0 Å². The highest BCUT2D eigenvalue weighted by molar-refractivity contribution is 9.10. The third-order valence-corrected chi connectivity index (χ3v) is 5.87. The average molecular weight is 450 g/mol. The molecule has 3 heterocycles. The highest BCUT2D eigenvalue weighted by atomic mass is 79.9. The summed E-state index contributed by atoms with van der Waals surface area (Å²) in [6, 6.07) is 4.87. The molecule has 3 aliphatic rings. The number of hydrogen-bond donors (Lipinski definition) is 0. The highest BCUT2D eigenvalue weighted by Gasteiger charge is 2.38. The van der Waals surface area contributed by atoms with E-state index >= 15 is 0 Å². The maximum atomic E-state index is 12.6. The monoisotopic (exact) mass is 449 g/mol. The van der Waals surface area contributed by atoms with Crippen molar-refractivity contribution in [2.75, 3.05) is 39.3 Å². The van der Waals surface area contributed by atoms with E-state index in [1.807, 2.05) is 0 Å². The lowest BCUT2D eigenvalue weighted by atomic mass is 10.1. The van der Waals surface area contributed by atoms with E-state index in [1.165, 1.54) is 0 Å². The van der Waals surface area contributed by atoms with Crippen molar-refractivity contribution in [1.29, 1.82) is 0 Å². The van der Waals surface area contributed by atoms with Crippen molar-refractivity contribution in [3.8, 4) is 0 Å². The van der Waals surface area contributed by atoms with Crippen molar-refractivity contribution in [3.63, 3.8) is 0 Å². The van der Waals surface area contributed by atoms with Crippen LogP contribution < -0.4 is 0 Å². The van der Waals surface area contributed by atoms with Gasteiger partial charge in [0.1, 0.15) is 12.6 Å². The molecule has 0 spiro atoms. The number of hydrogen-bond acceptors (Lipinski definition) is 5. The molecule has 2 saturated heterocycles. The van der Waals surface area contributed by atoms with Crippen molar-refractivity contribution in [3.05, 3.63) is 33.8 Å². The second-order valence-corrected chi connectivity index (χ2v) is 8.01. The Bertz CT molecular complexity index is 844. The van der Waals surface area contributed by atoms with Gasteiger partial charge in [-0.1, -0.05) is 15.9 Å². The smallest absolute Gasteiger partial charge is 0.262 e. The van der Waals surface area contributed by atoms with Crippen LogP contribution in [0.25, 0.3) is 0 Å². The molecular formula is C19H20BrN3O5. The van der Waals surface area contributed by atoms with Gasteiger partial charge in [-0.05, 0) is 31.0 Å². The van der Waals surface area contributed by atoms with E-state index < -0.39 is 11.8 Å². The molecule has 1 aromatic carbocycles. The third-order valence-electron chi connectivity index (χ3n) is 5.38. The lowest BCUT2D eigenvalue weighted by Gasteiger charge is -2.36. The largest absolute Gasteiger partial charge is 0.368 e. The molecule has 1 atom stereocenters. The van der Waals surface area contributed by atoms with Crippen LogP contribution in [0.4, 0.5) is 0 Å². The Hall–Kier alpha value is -2.26. The summed E-state index contributed by atoms with van der Waals surface area (Å²) in [5, 5.41) is 0. The van der Waals surface area contributed by atoms with Crippen molar-refractivity contribution < 1.29 is 23.9 Å². The van der Waals surface area contributed by atoms with Gasteiger partial charge < -0.3 is 14.5 Å². The van der Waals surface area contributed by atoms with Crippen molar-refractivity contribution >= 4 is 39.6 Å². The zero-order valence-electron chi connectivity index (χ0n) is 15.2. The highest BCUT2D eigenvalue weighted by Crippen LogP contribution is 2.26. The Labute approximate surface area is 170 Å². The molecule has 0 saturated carbocycles. The Kier molecular flexibility index (Phi) is 5.20. The number of nitrogens with zero attached hydrogens (tertiary/aromatic N) is 3. The molecule has 0 aliphatic carbocycles. The summed E-state index contributed by atoms with van der Waals surface area (Å²) in [4.78, 5) is 54.3. The number of carbonyl (C=O) groups excluding carboxylic acids is 4. The minimum atomic E-state index is -0.457. The van der Waals surface area contributed by atoms with E-state index in [9.17, 15) is 19.2 Å². The van der Waals surface area contributed by atoms with Crippen LogP contribution in [0.15, 0.2) is 22.7 Å². The summed E-state index contributed by atoms with van der Waals surface area (Å²) in [6.07, 6.45) is 1.28. The van der Waals surface area contributed by atoms with Crippen molar-refractivity contribution in [2.45, 2.75) is 18.9 Å². The first-order chi connectivity index (χ1) is 13.5. The maximum Gasteiger partial charge on any atom is 0.262 e. The molecule has 8 nitrogen and oxygen atoms in total. The van der Waals surface area contributed by atoms with E-state index in [0.717, 1.165) is 17.7 Å². The number of piperazine rings is 1. The Balaban J connectivity index is 1.34. The lowest BCUT2D eigenvalue weighted by molar-refractivity contribution is -0.146. The molecular weight excluding hydrogens is 430 g/mol. The first-order valence-corrected chi connectivity index (χ1v) is 10.1. The standard InChI is InChI=1S/C19H20BrN3O5/c20-12-3-4-13-14(10-12)18(26)23(17(13)25)11-16(24)21-5-7-22(8-6-21)19(27)15-2-1-9-28-15/h3-4,10,15H,1-2,5-9,11H2. The molecule has 3 aliphatic heterocycles. The maximum absolute atomic E-state index is 12.6. The number of halogens is 1. The number of imide groups is 1. The molecule has 0 bridgehead atoms. The van der Waals surface area contributed by atoms with E-state index in [-0.39, 0.29) is 24.5 Å². The Morgan fingerprint density at radius 3 is 2.39 bits per heavy atom. The van der Waals surface area contributed by atoms with Crippen molar-refractivity contribution in [1.82, 2.24) is 14.7 Å². The number of amides is 4. The first-order valence-electron chi connectivity index (χ1n) is 9.29. The molecule has 1 aromatic rings. The predicted octanol–water partition coefficient (Wildman–Crippen LogP) is 0.895. The first kappa shape index (κ1) is 19.1. The van der Waals surface area contributed by atoms with Crippen LogP contribution in [0.5, 0.6) is 0 Å². The van der Waals surface area contributed by atoms with Gasteiger partial charge in [0.05, 0.1) is 11.1 Å². The van der Waals surface area contributed by atoms with Gasteiger partial charge in [0.25, 0.3) is 17.7 Å². The van der Waals surface area contributed by atoms with Gasteiger partial charge in [0.15, 0.2) is 0 Å². The van der Waals surface area contributed by atoms with E-state index in [4.69, 9.17) is 4.74 Å². The normalized spacial score (nSPS) is 22.0. The van der Waals surface area contributed by atoms with Gasteiger partial charge in [-0.15, -0.1) is 0 Å². The summed E-state index contributed by atoms with van der Waals surface area (Å²) in [7, 11) is 0. The lowest BCUT2D eigenvalue weighted by Crippen LogP contribution is -2.54. The molecule has 1 unspecified atom stereocenters. The van der Waals surface area contributed by atoms with Crippen LogP contribution in [-0.4, -0.2) is 83.8 Å². The zero-order chi connectivity index (χ0) is 19.8. The van der Waals surface area contributed by atoms with E-state index in [2.05, 4.69) is 15.9 Å². The van der Waals surface area contributed by atoms with Crippen LogP contribution in [0.1, 0.15) is 33.6 Å². The minimum absolute atomic E-state index is 0.0180. The predicted molar refractivity (Wildman–Crippen MR) is 102 cm³/mol. The molecule has 0 aromatic heterocycles. The molecule has 4 rings (SSSR count). The quantitative estimate of drug-likeness (QED) is 0.639. The van der Waals surface area contributed by atoms with Crippen LogP contribution in [-0.2, 0) is 14.3 Å². The summed E-state index contributed by atoms with van der Waals surface area (Å²) < 4.78 is 6.14. The average Bonchev–Trinajstić information content (AvgIpc) is 3.31. The topological polar surface area (TPSA) is 87.2 Å². The van der Waals surface area contributed by atoms with Gasteiger partial charge in [0.2, 0.25) is 5.91 Å². The second-order valence-electron chi connectivity index (χ2n) is 7.09. The molecule has 148 valence electrons. The number of rotatable bonds is 3. The summed E-state index contributed by atoms with van der Waals surface area (Å²) in [5.41, 5.74) is 0.618. The van der Waals surface area contributed by atoms with Crippen LogP contribution in [0, 0.1) is 0 Å². The molecule has 4 amide bonds. The fourth-order valence-corrected chi connectivity index (χ4v) is 4.16. The molecule has 9 heteroatoms. The Morgan fingerprint density at radius 2 is 1.71 bits per heavy atom. The van der Waals surface area contributed by atoms with Gasteiger partial charge in [-0.3, -0.25) is 24.1 Å². The molecule has 0 N–H and O–H groups in total. The van der Waals surface area contributed by atoms with Gasteiger partial charge in [0, 0.05) is 37.3 Å². The minimum Gasteiger partial charge on any atom is -0.368 e. The van der Waals surface area contributed by atoms with E-state index in [0.29, 0.717) is 48.4 Å². The summed E-state index contributed by atoms with van der Waals surface area (Å²) >= 11 is 3.29. The Morgan fingerprint density at radius 1 is 1.04 bits per heavy atom. The summed E-state index contributed by atoms with van der Waals surface area (Å²) in [6.45, 7) is 1.95. The van der Waals surface area contributed by atoms with Crippen LogP contribution >= 0.6 is 15.9 Å². The van der Waals surface area contributed by atoms with Gasteiger partial charge >= 0.3 is 0 Å². The third kappa shape index (κ3) is 3.44. The molecule has 2 fully saturated rings. The van der Waals surface area contributed by atoms with Crippen molar-refractivity contribution in [2.24, 2.45) is 0 Å².